The smallest absolute Gasteiger partial charge is 0.317 e. The molecule has 2 aliphatic heterocycles. The van der Waals surface area contributed by atoms with Crippen LogP contribution in [0.15, 0.2) is 24.3 Å². The normalized spacial score (nSPS) is 21.6. The maximum Gasteiger partial charge on any atom is 0.317 e. The number of rotatable bonds is 4. The zero-order valence-electron chi connectivity index (χ0n) is 14.0. The van der Waals surface area contributed by atoms with Crippen LogP contribution in [0.25, 0.3) is 0 Å². The Balaban J connectivity index is 1.39. The van der Waals surface area contributed by atoms with E-state index in [4.69, 9.17) is 16.3 Å². The number of hydrogen-bond donors (Lipinski definition) is 1. The number of halogens is 1. The second-order valence-corrected chi connectivity index (χ2v) is 6.84. The number of piperazine rings is 1. The van der Waals surface area contributed by atoms with Crippen molar-refractivity contribution in [2.24, 2.45) is 0 Å². The maximum absolute atomic E-state index is 12.3. The van der Waals surface area contributed by atoms with E-state index in [-0.39, 0.29) is 6.03 Å². The van der Waals surface area contributed by atoms with Crippen LogP contribution < -0.4 is 10.2 Å². The summed E-state index contributed by atoms with van der Waals surface area (Å²) in [5.74, 6) is 0. The Morgan fingerprint density at radius 2 is 2.00 bits per heavy atom. The number of hydrogen-bond acceptors (Lipinski definition) is 3. The van der Waals surface area contributed by atoms with Gasteiger partial charge in [0.15, 0.2) is 0 Å². The lowest BCUT2D eigenvalue weighted by molar-refractivity contribution is 0.0118. The fourth-order valence-electron chi connectivity index (χ4n) is 3.35. The van der Waals surface area contributed by atoms with Crippen LogP contribution >= 0.6 is 11.6 Å². The van der Waals surface area contributed by atoms with Crippen molar-refractivity contribution in [3.63, 3.8) is 0 Å². The summed E-state index contributed by atoms with van der Waals surface area (Å²) in [7, 11) is 0. The highest BCUT2D eigenvalue weighted by molar-refractivity contribution is 6.33. The molecule has 6 heteroatoms. The molecule has 5 nitrogen and oxygen atoms in total. The van der Waals surface area contributed by atoms with Crippen molar-refractivity contribution in [3.8, 4) is 0 Å². The van der Waals surface area contributed by atoms with Gasteiger partial charge in [0.2, 0.25) is 0 Å². The van der Waals surface area contributed by atoms with Crippen molar-refractivity contribution < 1.29 is 9.53 Å². The van der Waals surface area contributed by atoms with Gasteiger partial charge in [0, 0.05) is 39.3 Å². The van der Waals surface area contributed by atoms with Gasteiger partial charge in [0.05, 0.1) is 16.8 Å². The van der Waals surface area contributed by atoms with E-state index in [0.29, 0.717) is 12.6 Å². The molecule has 2 saturated heterocycles. The van der Waals surface area contributed by atoms with E-state index in [1.165, 1.54) is 12.8 Å². The van der Waals surface area contributed by atoms with Gasteiger partial charge in [0.25, 0.3) is 0 Å². The van der Waals surface area contributed by atoms with Gasteiger partial charge in [-0.1, -0.05) is 23.7 Å². The topological polar surface area (TPSA) is 44.8 Å². The highest BCUT2D eigenvalue weighted by Gasteiger charge is 2.22. The molecule has 0 aliphatic carbocycles. The van der Waals surface area contributed by atoms with Gasteiger partial charge in [-0.15, -0.1) is 0 Å². The first-order valence-electron chi connectivity index (χ1n) is 8.88. The highest BCUT2D eigenvalue weighted by Crippen LogP contribution is 2.26. The van der Waals surface area contributed by atoms with Gasteiger partial charge in [-0.05, 0) is 37.8 Å². The second kappa shape index (κ2) is 8.58. The molecule has 2 amide bonds. The Labute approximate surface area is 148 Å². The van der Waals surface area contributed by atoms with Crippen molar-refractivity contribution in [2.45, 2.75) is 31.8 Å². The van der Waals surface area contributed by atoms with Crippen molar-refractivity contribution in [2.75, 3.05) is 44.2 Å². The Kier molecular flexibility index (Phi) is 6.21. The van der Waals surface area contributed by atoms with Crippen LogP contribution in [0, 0.1) is 0 Å². The van der Waals surface area contributed by atoms with E-state index in [1.807, 2.05) is 29.2 Å². The summed E-state index contributed by atoms with van der Waals surface area (Å²) in [5, 5.41) is 3.79. The van der Waals surface area contributed by atoms with Gasteiger partial charge in [-0.2, -0.15) is 0 Å². The van der Waals surface area contributed by atoms with Crippen LogP contribution in [-0.2, 0) is 4.74 Å². The Morgan fingerprint density at radius 1 is 1.21 bits per heavy atom. The number of urea groups is 1. The summed E-state index contributed by atoms with van der Waals surface area (Å²) >= 11 is 6.25. The minimum Gasteiger partial charge on any atom is -0.378 e. The predicted molar refractivity (Wildman–Crippen MR) is 96.8 cm³/mol. The monoisotopic (exact) mass is 351 g/mol. The van der Waals surface area contributed by atoms with Gasteiger partial charge in [-0.3, -0.25) is 0 Å². The average molecular weight is 352 g/mol. The molecule has 0 spiro atoms. The summed E-state index contributed by atoms with van der Waals surface area (Å²) < 4.78 is 5.70. The fraction of sp³-hybridized carbons (Fsp3) is 0.611. The summed E-state index contributed by atoms with van der Waals surface area (Å²) in [4.78, 5) is 16.4. The molecule has 1 aromatic carbocycles. The number of para-hydroxylation sites is 1. The van der Waals surface area contributed by atoms with Crippen molar-refractivity contribution >= 4 is 23.3 Å². The number of carbonyl (C=O) groups excluding carboxylic acids is 1. The first-order valence-corrected chi connectivity index (χ1v) is 9.25. The molecule has 1 atom stereocenters. The van der Waals surface area contributed by atoms with E-state index in [9.17, 15) is 4.79 Å². The molecule has 0 radical (unpaired) electrons. The number of amides is 2. The molecule has 0 aromatic heterocycles. The lowest BCUT2D eigenvalue weighted by atomic mass is 10.1. The molecule has 132 valence electrons. The van der Waals surface area contributed by atoms with Crippen LogP contribution in [0.4, 0.5) is 10.5 Å². The minimum absolute atomic E-state index is 0.0321. The van der Waals surface area contributed by atoms with Crippen LogP contribution in [0.2, 0.25) is 5.02 Å². The van der Waals surface area contributed by atoms with Gasteiger partial charge >= 0.3 is 6.03 Å². The molecule has 24 heavy (non-hydrogen) atoms. The molecule has 1 N–H and O–H groups in total. The standard InChI is InChI=1S/C18H26ClN3O2/c19-16-6-1-2-7-17(16)21-10-12-22(13-11-21)18(23)20-9-8-15-5-3-4-14-24-15/h1-2,6-7,15H,3-5,8-14H2,(H,20,23)/t15-/m0/s1. The summed E-state index contributed by atoms with van der Waals surface area (Å²) in [6.07, 6.45) is 4.75. The molecule has 0 bridgehead atoms. The summed E-state index contributed by atoms with van der Waals surface area (Å²) in [6, 6.07) is 7.90. The van der Waals surface area contributed by atoms with Gasteiger partial charge < -0.3 is 19.9 Å². The number of ether oxygens (including phenoxy) is 1. The number of nitrogens with zero attached hydrogens (tertiary/aromatic N) is 2. The Morgan fingerprint density at radius 3 is 2.71 bits per heavy atom. The molecule has 2 aliphatic rings. The zero-order valence-corrected chi connectivity index (χ0v) is 14.8. The Bertz CT molecular complexity index is 541. The minimum atomic E-state index is 0.0321. The third-order valence-corrected chi connectivity index (χ3v) is 5.10. The third kappa shape index (κ3) is 4.54. The van der Waals surface area contributed by atoms with Crippen molar-refractivity contribution in [1.82, 2.24) is 10.2 Å². The summed E-state index contributed by atoms with van der Waals surface area (Å²) in [6.45, 7) is 4.61. The predicted octanol–water partition coefficient (Wildman–Crippen LogP) is 3.13. The highest BCUT2D eigenvalue weighted by atomic mass is 35.5. The first kappa shape index (κ1) is 17.4. The maximum atomic E-state index is 12.3. The van der Waals surface area contributed by atoms with Gasteiger partial charge in [-0.25, -0.2) is 4.79 Å². The molecule has 2 fully saturated rings. The van der Waals surface area contributed by atoms with Crippen LogP contribution in [0.1, 0.15) is 25.7 Å². The molecule has 1 aromatic rings. The molecule has 0 saturated carbocycles. The fourth-order valence-corrected chi connectivity index (χ4v) is 3.60. The van der Waals surface area contributed by atoms with Crippen LogP contribution in [0.3, 0.4) is 0 Å². The van der Waals surface area contributed by atoms with Gasteiger partial charge in [0.1, 0.15) is 0 Å². The van der Waals surface area contributed by atoms with E-state index < -0.39 is 0 Å². The molecular weight excluding hydrogens is 326 g/mol. The third-order valence-electron chi connectivity index (χ3n) is 4.78. The lowest BCUT2D eigenvalue weighted by Gasteiger charge is -2.36. The Hall–Kier alpha value is -1.46. The van der Waals surface area contributed by atoms with Crippen LogP contribution in [-0.4, -0.2) is 56.4 Å². The van der Waals surface area contributed by atoms with Crippen molar-refractivity contribution in [1.29, 1.82) is 0 Å². The quantitative estimate of drug-likeness (QED) is 0.906. The molecule has 2 heterocycles. The van der Waals surface area contributed by atoms with Crippen molar-refractivity contribution in [3.05, 3.63) is 29.3 Å². The number of nitrogens with one attached hydrogen (secondary N) is 1. The van der Waals surface area contributed by atoms with E-state index >= 15 is 0 Å². The molecular formula is C18H26ClN3O2. The second-order valence-electron chi connectivity index (χ2n) is 6.43. The van der Waals surface area contributed by atoms with Crippen LogP contribution in [0.5, 0.6) is 0 Å². The molecule has 0 unspecified atom stereocenters. The first-order chi connectivity index (χ1) is 11.7. The zero-order chi connectivity index (χ0) is 16.8. The lowest BCUT2D eigenvalue weighted by Crippen LogP contribution is -2.52. The van der Waals surface area contributed by atoms with E-state index in [1.54, 1.807) is 0 Å². The SMILES string of the molecule is O=C(NCC[C@@H]1CCCCO1)N1CCN(c2ccccc2Cl)CC1. The number of anilines is 1. The molecule has 3 rings (SSSR count). The van der Waals surface area contributed by atoms with E-state index in [2.05, 4.69) is 10.2 Å². The summed E-state index contributed by atoms with van der Waals surface area (Å²) in [5.41, 5.74) is 1.05. The number of carbonyl (C=O) groups is 1. The average Bonchev–Trinajstić information content (AvgIpc) is 2.63. The van der Waals surface area contributed by atoms with E-state index in [0.717, 1.165) is 56.3 Å². The number of benzene rings is 1. The largest absolute Gasteiger partial charge is 0.378 e.